The van der Waals surface area contributed by atoms with Crippen LogP contribution >= 0.6 is 11.6 Å². The molecule has 1 fully saturated rings. The summed E-state index contributed by atoms with van der Waals surface area (Å²) in [6.07, 6.45) is 0. The van der Waals surface area contributed by atoms with E-state index in [-0.39, 0.29) is 19.0 Å². The lowest BCUT2D eigenvalue weighted by Crippen LogP contribution is -2.48. The third-order valence-electron chi connectivity index (χ3n) is 6.35. The van der Waals surface area contributed by atoms with Crippen molar-refractivity contribution in [1.29, 1.82) is 0 Å². The number of rotatable bonds is 8. The van der Waals surface area contributed by atoms with Gasteiger partial charge in [0.2, 0.25) is 5.91 Å². The zero-order valence-corrected chi connectivity index (χ0v) is 20.1. The number of piperazine rings is 1. The fraction of sp³-hybridized carbons (Fsp3) is 0.400. The first kappa shape index (κ1) is 24.2. The average Bonchev–Trinajstić information content (AvgIpc) is 2.86. The molecule has 9 heteroatoms. The zero-order valence-electron chi connectivity index (χ0n) is 19.4. The minimum absolute atomic E-state index is 0.194. The molecule has 0 radical (unpaired) electrons. The molecule has 1 aliphatic heterocycles. The predicted octanol–water partition coefficient (Wildman–Crippen LogP) is 1.62. The van der Waals surface area contributed by atoms with Crippen LogP contribution in [-0.2, 0) is 17.9 Å². The molecule has 1 aliphatic rings. The summed E-state index contributed by atoms with van der Waals surface area (Å²) in [5.41, 5.74) is 0.635. The number of amides is 1. The first-order valence-corrected chi connectivity index (χ1v) is 12.0. The molecule has 4 rings (SSSR count). The zero-order chi connectivity index (χ0) is 24.1. The number of likely N-dealkylation sites (N-methyl/N-ethyl adjacent to an activating group) is 1. The summed E-state index contributed by atoms with van der Waals surface area (Å²) in [4.78, 5) is 43.3. The van der Waals surface area contributed by atoms with Crippen LogP contribution in [-0.4, -0.2) is 70.7 Å². The van der Waals surface area contributed by atoms with Gasteiger partial charge in [-0.3, -0.25) is 28.4 Å². The van der Waals surface area contributed by atoms with Crippen LogP contribution in [0.3, 0.4) is 0 Å². The summed E-state index contributed by atoms with van der Waals surface area (Å²) in [6.45, 7) is 8.59. The van der Waals surface area contributed by atoms with Crippen molar-refractivity contribution in [2.75, 3.05) is 45.8 Å². The van der Waals surface area contributed by atoms with E-state index in [1.165, 1.54) is 9.13 Å². The summed E-state index contributed by atoms with van der Waals surface area (Å²) in [5, 5.41) is 3.50. The Morgan fingerprint density at radius 1 is 0.882 bits per heavy atom. The van der Waals surface area contributed by atoms with Crippen LogP contribution in [0.15, 0.2) is 58.1 Å². The maximum Gasteiger partial charge on any atom is 0.317 e. The molecule has 0 spiro atoms. The normalized spacial score (nSPS) is 15.0. The van der Waals surface area contributed by atoms with E-state index >= 15 is 0 Å². The summed E-state index contributed by atoms with van der Waals surface area (Å²) in [6, 6.07) is 14.3. The number of nitrogens with zero attached hydrogens (tertiary/aromatic N) is 4. The Kier molecular flexibility index (Phi) is 7.82. The molecule has 34 heavy (non-hydrogen) atoms. The molecule has 0 aliphatic carbocycles. The van der Waals surface area contributed by atoms with Gasteiger partial charge in [0.25, 0.3) is 0 Å². The van der Waals surface area contributed by atoms with E-state index in [1.807, 2.05) is 18.2 Å². The highest BCUT2D eigenvalue weighted by Gasteiger charge is 2.17. The molecule has 2 aromatic carbocycles. The number of aromatic nitrogens is 2. The van der Waals surface area contributed by atoms with Crippen molar-refractivity contribution in [1.82, 2.24) is 24.3 Å². The standard InChI is InChI=1S/C25H30ClN5O3/c1-2-28-13-15-29(16-14-28)12-11-27-23(32)18-31-22-6-4-3-5-21(22)30(24(33)25(31)34)17-19-7-9-20(26)10-8-19/h3-10H,2,11-18H2,1H3,(H,27,32). The van der Waals surface area contributed by atoms with Gasteiger partial charge < -0.3 is 10.2 Å². The van der Waals surface area contributed by atoms with Crippen molar-refractivity contribution in [2.45, 2.75) is 20.0 Å². The molecule has 1 aromatic heterocycles. The molecule has 2 heterocycles. The third kappa shape index (κ3) is 5.58. The quantitative estimate of drug-likeness (QED) is 0.492. The Bertz CT molecular complexity index is 1260. The highest BCUT2D eigenvalue weighted by atomic mass is 35.5. The van der Waals surface area contributed by atoms with Crippen molar-refractivity contribution in [3.63, 3.8) is 0 Å². The largest absolute Gasteiger partial charge is 0.353 e. The van der Waals surface area contributed by atoms with Gasteiger partial charge in [0.05, 0.1) is 17.6 Å². The van der Waals surface area contributed by atoms with E-state index in [1.54, 1.807) is 30.3 Å². The van der Waals surface area contributed by atoms with Crippen molar-refractivity contribution in [3.8, 4) is 0 Å². The molecule has 0 atom stereocenters. The van der Waals surface area contributed by atoms with Crippen molar-refractivity contribution < 1.29 is 4.79 Å². The molecule has 1 N–H and O–H groups in total. The number of benzene rings is 2. The minimum atomic E-state index is -0.710. The van der Waals surface area contributed by atoms with Crippen LogP contribution < -0.4 is 16.4 Å². The lowest BCUT2D eigenvalue weighted by molar-refractivity contribution is -0.121. The summed E-state index contributed by atoms with van der Waals surface area (Å²) < 4.78 is 2.72. The fourth-order valence-electron chi connectivity index (χ4n) is 4.34. The monoisotopic (exact) mass is 483 g/mol. The van der Waals surface area contributed by atoms with E-state index in [2.05, 4.69) is 22.0 Å². The Labute approximate surface area is 203 Å². The van der Waals surface area contributed by atoms with Crippen molar-refractivity contribution in [2.24, 2.45) is 0 Å². The fourth-order valence-corrected chi connectivity index (χ4v) is 4.46. The Morgan fingerprint density at radius 3 is 2.12 bits per heavy atom. The summed E-state index contributed by atoms with van der Waals surface area (Å²) in [5.74, 6) is -0.283. The van der Waals surface area contributed by atoms with Gasteiger partial charge in [-0.25, -0.2) is 0 Å². The van der Waals surface area contributed by atoms with Crippen LogP contribution in [0.1, 0.15) is 12.5 Å². The van der Waals surface area contributed by atoms with Crippen LogP contribution in [0.5, 0.6) is 0 Å². The molecule has 0 unspecified atom stereocenters. The van der Waals surface area contributed by atoms with Crippen LogP contribution in [0.4, 0.5) is 0 Å². The molecule has 1 saturated heterocycles. The van der Waals surface area contributed by atoms with Gasteiger partial charge in [-0.2, -0.15) is 0 Å². The number of halogens is 1. The maximum absolute atomic E-state index is 13.0. The minimum Gasteiger partial charge on any atom is -0.353 e. The molecular formula is C25H30ClN5O3. The van der Waals surface area contributed by atoms with Crippen molar-refractivity contribution in [3.05, 3.63) is 79.8 Å². The van der Waals surface area contributed by atoms with E-state index < -0.39 is 11.1 Å². The molecular weight excluding hydrogens is 454 g/mol. The molecule has 0 bridgehead atoms. The second-order valence-electron chi connectivity index (χ2n) is 8.52. The lowest BCUT2D eigenvalue weighted by atomic mass is 10.2. The van der Waals surface area contributed by atoms with Crippen LogP contribution in [0.25, 0.3) is 11.0 Å². The summed E-state index contributed by atoms with van der Waals surface area (Å²) >= 11 is 5.96. The van der Waals surface area contributed by atoms with Gasteiger partial charge in [-0.1, -0.05) is 42.8 Å². The topological polar surface area (TPSA) is 79.6 Å². The number of para-hydroxylation sites is 2. The van der Waals surface area contributed by atoms with E-state index in [4.69, 9.17) is 11.6 Å². The van der Waals surface area contributed by atoms with Gasteiger partial charge in [0, 0.05) is 44.3 Å². The Hall–Kier alpha value is -2.94. The third-order valence-corrected chi connectivity index (χ3v) is 6.61. The Balaban J connectivity index is 1.48. The van der Waals surface area contributed by atoms with Crippen molar-refractivity contribution >= 4 is 28.5 Å². The van der Waals surface area contributed by atoms with Crippen LogP contribution in [0, 0.1) is 0 Å². The molecule has 0 saturated carbocycles. The van der Waals surface area contributed by atoms with E-state index in [0.29, 0.717) is 22.6 Å². The smallest absolute Gasteiger partial charge is 0.317 e. The van der Waals surface area contributed by atoms with Gasteiger partial charge in [-0.15, -0.1) is 0 Å². The number of hydrogen-bond acceptors (Lipinski definition) is 5. The van der Waals surface area contributed by atoms with Gasteiger partial charge in [-0.05, 0) is 36.4 Å². The highest BCUT2D eigenvalue weighted by molar-refractivity contribution is 6.30. The number of hydrogen-bond donors (Lipinski definition) is 1. The number of carbonyl (C=O) groups is 1. The molecule has 180 valence electrons. The molecule has 3 aromatic rings. The number of carbonyl (C=O) groups excluding carboxylic acids is 1. The predicted molar refractivity (Wildman–Crippen MR) is 135 cm³/mol. The lowest BCUT2D eigenvalue weighted by Gasteiger charge is -2.33. The number of nitrogens with one attached hydrogen (secondary N) is 1. The second kappa shape index (κ2) is 11.0. The van der Waals surface area contributed by atoms with E-state index in [9.17, 15) is 14.4 Å². The van der Waals surface area contributed by atoms with Gasteiger partial charge >= 0.3 is 11.1 Å². The second-order valence-corrected chi connectivity index (χ2v) is 8.96. The average molecular weight is 484 g/mol. The SMILES string of the molecule is CCN1CCN(CCNC(=O)Cn2c(=O)c(=O)n(Cc3ccc(Cl)cc3)c3ccccc32)CC1. The highest BCUT2D eigenvalue weighted by Crippen LogP contribution is 2.14. The maximum atomic E-state index is 13.0. The van der Waals surface area contributed by atoms with Crippen LogP contribution in [0.2, 0.25) is 5.02 Å². The molecule has 8 nitrogen and oxygen atoms in total. The first-order valence-electron chi connectivity index (χ1n) is 11.6. The molecule has 1 amide bonds. The van der Waals surface area contributed by atoms with Gasteiger partial charge in [0.1, 0.15) is 6.54 Å². The summed E-state index contributed by atoms with van der Waals surface area (Å²) in [7, 11) is 0. The van der Waals surface area contributed by atoms with E-state index in [0.717, 1.165) is 44.8 Å². The number of fused-ring (bicyclic) bond motifs is 1. The Morgan fingerprint density at radius 2 is 1.47 bits per heavy atom. The van der Waals surface area contributed by atoms with Gasteiger partial charge in [0.15, 0.2) is 0 Å². The first-order chi connectivity index (χ1) is 16.5.